The molecule has 0 aliphatic heterocycles. The summed E-state index contributed by atoms with van der Waals surface area (Å²) in [5.74, 6) is 1.07. The second-order valence-corrected chi connectivity index (χ2v) is 5.41. The highest BCUT2D eigenvalue weighted by atomic mass is 35.5. The fourth-order valence-electron chi connectivity index (χ4n) is 2.36. The zero-order valence-corrected chi connectivity index (χ0v) is 11.1. The fourth-order valence-corrected chi connectivity index (χ4v) is 2.52. The van der Waals surface area contributed by atoms with E-state index in [2.05, 4.69) is 19.2 Å². The van der Waals surface area contributed by atoms with Gasteiger partial charge in [-0.1, -0.05) is 31.5 Å². The Labute approximate surface area is 107 Å². The smallest absolute Gasteiger partial charge is 0.129 e. The van der Waals surface area contributed by atoms with Crippen LogP contribution in [0, 0.1) is 17.7 Å². The third-order valence-electron chi connectivity index (χ3n) is 3.51. The topological polar surface area (TPSA) is 12.0 Å². The number of nitrogens with one attached hydrogen (secondary N) is 1. The Balaban J connectivity index is 2.19. The van der Waals surface area contributed by atoms with E-state index in [4.69, 9.17) is 11.6 Å². The van der Waals surface area contributed by atoms with Crippen LogP contribution in [0.5, 0.6) is 0 Å². The Bertz CT molecular complexity index is 394. The molecule has 1 aromatic carbocycles. The first-order chi connectivity index (χ1) is 8.13. The van der Waals surface area contributed by atoms with Crippen LogP contribution < -0.4 is 5.32 Å². The van der Waals surface area contributed by atoms with Crippen molar-refractivity contribution >= 4 is 11.6 Å². The summed E-state index contributed by atoms with van der Waals surface area (Å²) in [4.78, 5) is 0. The van der Waals surface area contributed by atoms with Crippen molar-refractivity contribution in [1.29, 1.82) is 0 Å². The van der Waals surface area contributed by atoms with Crippen molar-refractivity contribution < 1.29 is 4.39 Å². The molecule has 0 heterocycles. The number of benzene rings is 1. The molecule has 3 atom stereocenters. The third-order valence-corrected chi connectivity index (χ3v) is 3.75. The minimum atomic E-state index is -0.190. The first-order valence-corrected chi connectivity index (χ1v) is 6.69. The van der Waals surface area contributed by atoms with E-state index in [1.54, 1.807) is 6.07 Å². The lowest BCUT2D eigenvalue weighted by Gasteiger charge is -2.19. The number of halogens is 2. The van der Waals surface area contributed by atoms with Crippen LogP contribution in [-0.4, -0.2) is 6.54 Å². The molecule has 0 saturated heterocycles. The van der Waals surface area contributed by atoms with Gasteiger partial charge >= 0.3 is 0 Å². The van der Waals surface area contributed by atoms with E-state index in [1.807, 2.05) is 6.07 Å². The van der Waals surface area contributed by atoms with Gasteiger partial charge in [0.05, 0.1) is 0 Å². The second-order valence-electron chi connectivity index (χ2n) is 4.97. The summed E-state index contributed by atoms with van der Waals surface area (Å²) in [7, 11) is 0. The van der Waals surface area contributed by atoms with Gasteiger partial charge in [0.2, 0.25) is 0 Å². The summed E-state index contributed by atoms with van der Waals surface area (Å²) < 4.78 is 13.9. The Morgan fingerprint density at radius 2 is 2.24 bits per heavy atom. The maximum atomic E-state index is 13.9. The highest BCUT2D eigenvalue weighted by molar-refractivity contribution is 6.30. The summed E-state index contributed by atoms with van der Waals surface area (Å²) in [5, 5.41) is 3.92. The predicted octanol–water partition coefficient (Wildman–Crippen LogP) is 4.18. The van der Waals surface area contributed by atoms with E-state index < -0.39 is 0 Å². The highest BCUT2D eigenvalue weighted by Crippen LogP contribution is 2.47. The molecule has 3 unspecified atom stereocenters. The van der Waals surface area contributed by atoms with Gasteiger partial charge in [0.1, 0.15) is 5.82 Å². The molecular formula is C14H19ClFN. The predicted molar refractivity (Wildman–Crippen MR) is 69.7 cm³/mol. The van der Waals surface area contributed by atoms with E-state index in [9.17, 15) is 4.39 Å². The van der Waals surface area contributed by atoms with Crippen molar-refractivity contribution in [2.75, 3.05) is 6.54 Å². The second kappa shape index (κ2) is 5.36. The SMILES string of the molecule is CCCNC(c1ccc(Cl)cc1F)C1CC1C. The molecule has 1 saturated carbocycles. The number of rotatable bonds is 5. The van der Waals surface area contributed by atoms with E-state index in [0.717, 1.165) is 18.5 Å². The molecule has 1 N–H and O–H groups in total. The van der Waals surface area contributed by atoms with Gasteiger partial charge in [-0.05, 0) is 43.4 Å². The molecule has 1 fully saturated rings. The normalized spacial score (nSPS) is 24.7. The van der Waals surface area contributed by atoms with Gasteiger partial charge in [-0.15, -0.1) is 0 Å². The molecule has 0 bridgehead atoms. The summed E-state index contributed by atoms with van der Waals surface area (Å²) in [6, 6.07) is 5.14. The summed E-state index contributed by atoms with van der Waals surface area (Å²) in [6.45, 7) is 5.27. The Morgan fingerprint density at radius 1 is 1.53 bits per heavy atom. The summed E-state index contributed by atoms with van der Waals surface area (Å²) in [5.41, 5.74) is 0.761. The van der Waals surface area contributed by atoms with Gasteiger partial charge < -0.3 is 5.32 Å². The summed E-state index contributed by atoms with van der Waals surface area (Å²) in [6.07, 6.45) is 2.25. The molecule has 17 heavy (non-hydrogen) atoms. The van der Waals surface area contributed by atoms with E-state index in [-0.39, 0.29) is 11.9 Å². The molecule has 0 aromatic heterocycles. The third kappa shape index (κ3) is 2.99. The average Bonchev–Trinajstić information content (AvgIpc) is 2.99. The zero-order valence-electron chi connectivity index (χ0n) is 10.3. The molecule has 1 aliphatic carbocycles. The van der Waals surface area contributed by atoms with Crippen molar-refractivity contribution in [1.82, 2.24) is 5.32 Å². The van der Waals surface area contributed by atoms with Gasteiger partial charge in [0.15, 0.2) is 0 Å². The maximum absolute atomic E-state index is 13.9. The van der Waals surface area contributed by atoms with Crippen LogP contribution in [0.2, 0.25) is 5.02 Å². The molecule has 3 heteroatoms. The van der Waals surface area contributed by atoms with Crippen LogP contribution in [0.3, 0.4) is 0 Å². The van der Waals surface area contributed by atoms with Gasteiger partial charge in [-0.3, -0.25) is 0 Å². The fraction of sp³-hybridized carbons (Fsp3) is 0.571. The van der Waals surface area contributed by atoms with Gasteiger partial charge in [-0.25, -0.2) is 4.39 Å². The molecule has 94 valence electrons. The lowest BCUT2D eigenvalue weighted by Crippen LogP contribution is -2.25. The number of hydrogen-bond acceptors (Lipinski definition) is 1. The largest absolute Gasteiger partial charge is 0.310 e. The van der Waals surface area contributed by atoms with Crippen LogP contribution in [0.4, 0.5) is 4.39 Å². The quantitative estimate of drug-likeness (QED) is 0.833. The average molecular weight is 256 g/mol. The van der Waals surface area contributed by atoms with Gasteiger partial charge in [0, 0.05) is 16.6 Å². The molecule has 0 amide bonds. The van der Waals surface area contributed by atoms with Gasteiger partial charge in [0.25, 0.3) is 0 Å². The van der Waals surface area contributed by atoms with Crippen molar-refractivity contribution in [2.45, 2.75) is 32.7 Å². The standard InChI is InChI=1S/C14H19ClFN/c1-3-6-17-14(12-7-9(12)2)11-5-4-10(15)8-13(11)16/h4-5,8-9,12,14,17H,3,6-7H2,1-2H3. The lowest BCUT2D eigenvalue weighted by molar-refractivity contribution is 0.442. The monoisotopic (exact) mass is 255 g/mol. The molecular weight excluding hydrogens is 237 g/mol. The molecule has 1 nitrogen and oxygen atoms in total. The Hall–Kier alpha value is -0.600. The molecule has 1 aromatic rings. The molecule has 0 radical (unpaired) electrons. The first-order valence-electron chi connectivity index (χ1n) is 6.31. The van der Waals surface area contributed by atoms with Crippen LogP contribution in [-0.2, 0) is 0 Å². The van der Waals surface area contributed by atoms with Crippen molar-refractivity contribution in [3.63, 3.8) is 0 Å². The Kier molecular flexibility index (Phi) is 4.05. The molecule has 2 rings (SSSR count). The van der Waals surface area contributed by atoms with Gasteiger partial charge in [-0.2, -0.15) is 0 Å². The Morgan fingerprint density at radius 3 is 2.76 bits per heavy atom. The lowest BCUT2D eigenvalue weighted by atomic mass is 10.0. The minimum Gasteiger partial charge on any atom is -0.310 e. The number of hydrogen-bond donors (Lipinski definition) is 1. The molecule has 1 aliphatic rings. The van der Waals surface area contributed by atoms with Crippen molar-refractivity contribution in [2.24, 2.45) is 11.8 Å². The van der Waals surface area contributed by atoms with Crippen LogP contribution in [0.1, 0.15) is 38.3 Å². The van der Waals surface area contributed by atoms with E-state index in [1.165, 1.54) is 12.5 Å². The minimum absolute atomic E-state index is 0.141. The first kappa shape index (κ1) is 12.8. The van der Waals surface area contributed by atoms with Crippen molar-refractivity contribution in [3.8, 4) is 0 Å². The summed E-state index contributed by atoms with van der Waals surface area (Å²) >= 11 is 5.79. The van der Waals surface area contributed by atoms with Crippen molar-refractivity contribution in [3.05, 3.63) is 34.6 Å². The van der Waals surface area contributed by atoms with Crippen LogP contribution in [0.15, 0.2) is 18.2 Å². The van der Waals surface area contributed by atoms with Crippen LogP contribution >= 0.6 is 11.6 Å². The van der Waals surface area contributed by atoms with E-state index >= 15 is 0 Å². The highest BCUT2D eigenvalue weighted by Gasteiger charge is 2.40. The molecule has 0 spiro atoms. The van der Waals surface area contributed by atoms with E-state index in [0.29, 0.717) is 16.9 Å². The zero-order chi connectivity index (χ0) is 12.4. The van der Waals surface area contributed by atoms with Crippen LogP contribution in [0.25, 0.3) is 0 Å². The maximum Gasteiger partial charge on any atom is 0.129 e.